The van der Waals surface area contributed by atoms with Crippen LogP contribution in [-0.4, -0.2) is 31.1 Å². The van der Waals surface area contributed by atoms with E-state index < -0.39 is 17.3 Å². The molecule has 0 aliphatic rings. The molecular formula is C13H19N5O3. The fourth-order valence-electron chi connectivity index (χ4n) is 2.18. The summed E-state index contributed by atoms with van der Waals surface area (Å²) in [5.41, 5.74) is -0.376. The lowest BCUT2D eigenvalue weighted by molar-refractivity contribution is -0.123. The first-order valence-corrected chi connectivity index (χ1v) is 6.80. The summed E-state index contributed by atoms with van der Waals surface area (Å²) in [5, 5.41) is 2.78. The molecule has 114 valence electrons. The Hall–Kier alpha value is -2.38. The SMILES string of the molecule is CCCNC(=O)[C@H](C)n1cnc2c1c(=O)n(C)c(=O)n2C. The average Bonchev–Trinajstić information content (AvgIpc) is 2.92. The second-order valence-electron chi connectivity index (χ2n) is 5.00. The largest absolute Gasteiger partial charge is 0.354 e. The van der Waals surface area contributed by atoms with Gasteiger partial charge in [-0.3, -0.25) is 18.7 Å². The van der Waals surface area contributed by atoms with Crippen molar-refractivity contribution >= 4 is 17.1 Å². The number of hydrogen-bond acceptors (Lipinski definition) is 4. The van der Waals surface area contributed by atoms with Gasteiger partial charge in [-0.15, -0.1) is 0 Å². The highest BCUT2D eigenvalue weighted by molar-refractivity contribution is 5.82. The van der Waals surface area contributed by atoms with Crippen molar-refractivity contribution in [2.24, 2.45) is 14.1 Å². The highest BCUT2D eigenvalue weighted by atomic mass is 16.2. The molecule has 8 heteroatoms. The van der Waals surface area contributed by atoms with Crippen molar-refractivity contribution in [2.75, 3.05) is 6.54 Å². The Morgan fingerprint density at radius 3 is 2.62 bits per heavy atom. The van der Waals surface area contributed by atoms with E-state index in [1.54, 1.807) is 14.0 Å². The van der Waals surface area contributed by atoms with Gasteiger partial charge in [0.15, 0.2) is 11.2 Å². The molecule has 0 aliphatic heterocycles. The van der Waals surface area contributed by atoms with Crippen LogP contribution in [0.15, 0.2) is 15.9 Å². The van der Waals surface area contributed by atoms with E-state index in [1.165, 1.54) is 22.5 Å². The lowest BCUT2D eigenvalue weighted by Gasteiger charge is -2.14. The molecule has 0 radical (unpaired) electrons. The lowest BCUT2D eigenvalue weighted by atomic mass is 10.3. The number of amides is 1. The molecule has 0 aromatic carbocycles. The molecule has 0 aliphatic carbocycles. The van der Waals surface area contributed by atoms with Crippen LogP contribution in [0.2, 0.25) is 0 Å². The van der Waals surface area contributed by atoms with Crippen LogP contribution in [0.5, 0.6) is 0 Å². The summed E-state index contributed by atoms with van der Waals surface area (Å²) < 4.78 is 3.81. The third kappa shape index (κ3) is 2.37. The molecule has 0 unspecified atom stereocenters. The van der Waals surface area contributed by atoms with Crippen molar-refractivity contribution in [1.29, 1.82) is 0 Å². The Labute approximate surface area is 121 Å². The van der Waals surface area contributed by atoms with Crippen molar-refractivity contribution in [2.45, 2.75) is 26.3 Å². The lowest BCUT2D eigenvalue weighted by Crippen LogP contribution is -2.38. The Kier molecular flexibility index (Phi) is 3.97. The summed E-state index contributed by atoms with van der Waals surface area (Å²) in [6.45, 7) is 4.23. The molecule has 0 spiro atoms. The van der Waals surface area contributed by atoms with E-state index >= 15 is 0 Å². The number of carbonyl (C=O) groups is 1. The number of rotatable bonds is 4. The summed E-state index contributed by atoms with van der Waals surface area (Å²) in [5.74, 6) is -0.188. The van der Waals surface area contributed by atoms with E-state index in [4.69, 9.17) is 0 Å². The Balaban J connectivity index is 2.60. The van der Waals surface area contributed by atoms with Crippen molar-refractivity contribution in [3.05, 3.63) is 27.2 Å². The quantitative estimate of drug-likeness (QED) is 0.824. The highest BCUT2D eigenvalue weighted by Crippen LogP contribution is 2.13. The molecule has 8 nitrogen and oxygen atoms in total. The fraction of sp³-hybridized carbons (Fsp3) is 0.538. The predicted molar refractivity (Wildman–Crippen MR) is 78.2 cm³/mol. The smallest absolute Gasteiger partial charge is 0.332 e. The maximum atomic E-state index is 12.3. The number of nitrogens with zero attached hydrogens (tertiary/aromatic N) is 4. The number of nitrogens with one attached hydrogen (secondary N) is 1. The van der Waals surface area contributed by atoms with Gasteiger partial charge >= 0.3 is 5.69 Å². The van der Waals surface area contributed by atoms with E-state index in [-0.39, 0.29) is 17.1 Å². The fourth-order valence-corrected chi connectivity index (χ4v) is 2.18. The predicted octanol–water partition coefficient (Wildman–Crippen LogP) is -0.479. The minimum atomic E-state index is -0.577. The molecule has 0 fully saturated rings. The van der Waals surface area contributed by atoms with Crippen LogP contribution < -0.4 is 16.6 Å². The summed E-state index contributed by atoms with van der Waals surface area (Å²) in [4.78, 5) is 40.3. The van der Waals surface area contributed by atoms with Gasteiger partial charge in [0, 0.05) is 20.6 Å². The zero-order valence-corrected chi connectivity index (χ0v) is 12.6. The molecule has 2 rings (SSSR count). The molecule has 1 N–H and O–H groups in total. The van der Waals surface area contributed by atoms with Crippen LogP contribution in [0.1, 0.15) is 26.3 Å². The van der Waals surface area contributed by atoms with Gasteiger partial charge in [0.05, 0.1) is 6.33 Å². The first-order chi connectivity index (χ1) is 9.90. The highest BCUT2D eigenvalue weighted by Gasteiger charge is 2.21. The monoisotopic (exact) mass is 293 g/mol. The van der Waals surface area contributed by atoms with Gasteiger partial charge in [-0.25, -0.2) is 9.78 Å². The van der Waals surface area contributed by atoms with Crippen molar-refractivity contribution in [1.82, 2.24) is 24.0 Å². The molecule has 21 heavy (non-hydrogen) atoms. The zero-order chi connectivity index (χ0) is 15.7. The first kappa shape index (κ1) is 15.0. The standard InChI is InChI=1S/C13H19N5O3/c1-5-6-14-11(19)8(2)18-7-15-10-9(18)12(20)17(4)13(21)16(10)3/h7-8H,5-6H2,1-4H3,(H,14,19)/t8-/m0/s1. The Bertz CT molecular complexity index is 798. The van der Waals surface area contributed by atoms with Crippen molar-refractivity contribution in [3.63, 3.8) is 0 Å². The maximum absolute atomic E-state index is 12.3. The molecule has 1 amide bonds. The van der Waals surface area contributed by atoms with Crippen molar-refractivity contribution in [3.8, 4) is 0 Å². The molecule has 0 saturated heterocycles. The molecule has 0 bridgehead atoms. The van der Waals surface area contributed by atoms with Gasteiger partial charge in [-0.2, -0.15) is 0 Å². The van der Waals surface area contributed by atoms with Gasteiger partial charge in [0.2, 0.25) is 5.91 Å². The zero-order valence-electron chi connectivity index (χ0n) is 12.6. The number of aromatic nitrogens is 4. The number of aryl methyl sites for hydroxylation is 1. The van der Waals surface area contributed by atoms with Crippen LogP contribution in [0, 0.1) is 0 Å². The molecule has 0 saturated carbocycles. The number of hydrogen-bond donors (Lipinski definition) is 1. The second-order valence-corrected chi connectivity index (χ2v) is 5.00. The summed E-state index contributed by atoms with van der Waals surface area (Å²) in [7, 11) is 2.95. The summed E-state index contributed by atoms with van der Waals surface area (Å²) >= 11 is 0. The van der Waals surface area contributed by atoms with E-state index in [1.807, 2.05) is 6.92 Å². The summed E-state index contributed by atoms with van der Waals surface area (Å²) in [6, 6.07) is -0.577. The topological polar surface area (TPSA) is 90.9 Å². The Morgan fingerprint density at radius 1 is 1.33 bits per heavy atom. The average molecular weight is 293 g/mol. The van der Waals surface area contributed by atoms with Gasteiger partial charge < -0.3 is 9.88 Å². The number of imidazole rings is 1. The van der Waals surface area contributed by atoms with Crippen LogP contribution in [0.4, 0.5) is 0 Å². The van der Waals surface area contributed by atoms with Gasteiger partial charge in [-0.05, 0) is 13.3 Å². The first-order valence-electron chi connectivity index (χ1n) is 6.80. The maximum Gasteiger partial charge on any atom is 0.332 e. The van der Waals surface area contributed by atoms with Crippen molar-refractivity contribution < 1.29 is 4.79 Å². The van der Waals surface area contributed by atoms with Crippen LogP contribution >= 0.6 is 0 Å². The number of fused-ring (bicyclic) bond motifs is 1. The van der Waals surface area contributed by atoms with Gasteiger partial charge in [0.25, 0.3) is 5.56 Å². The van der Waals surface area contributed by atoms with E-state index in [0.717, 1.165) is 11.0 Å². The molecule has 2 aromatic heterocycles. The molecule has 2 aromatic rings. The van der Waals surface area contributed by atoms with Crippen LogP contribution in [-0.2, 0) is 18.9 Å². The minimum absolute atomic E-state index is 0.188. The second kappa shape index (κ2) is 5.55. The summed E-state index contributed by atoms with van der Waals surface area (Å²) in [6.07, 6.45) is 2.25. The van der Waals surface area contributed by atoms with E-state index in [2.05, 4.69) is 10.3 Å². The third-order valence-corrected chi connectivity index (χ3v) is 3.52. The van der Waals surface area contributed by atoms with Crippen LogP contribution in [0.3, 0.4) is 0 Å². The molecule has 2 heterocycles. The minimum Gasteiger partial charge on any atom is -0.354 e. The third-order valence-electron chi connectivity index (χ3n) is 3.52. The van der Waals surface area contributed by atoms with Crippen LogP contribution in [0.25, 0.3) is 11.2 Å². The van der Waals surface area contributed by atoms with E-state index in [0.29, 0.717) is 6.54 Å². The number of carbonyl (C=O) groups excluding carboxylic acids is 1. The Morgan fingerprint density at radius 2 is 2.00 bits per heavy atom. The van der Waals surface area contributed by atoms with Gasteiger partial charge in [0.1, 0.15) is 6.04 Å². The molecular weight excluding hydrogens is 274 g/mol. The van der Waals surface area contributed by atoms with Gasteiger partial charge in [-0.1, -0.05) is 6.92 Å². The van der Waals surface area contributed by atoms with E-state index in [9.17, 15) is 14.4 Å². The normalized spacial score (nSPS) is 12.6. The molecule has 1 atom stereocenters.